The zero-order valence-corrected chi connectivity index (χ0v) is 29.7. The molecular weight excluding hydrogens is 693 g/mol. The second-order valence-corrected chi connectivity index (χ2v) is 8.87. The molecule has 3 aromatic rings. The summed E-state index contributed by atoms with van der Waals surface area (Å²) in [6.07, 6.45) is 5.81. The normalized spacial score (nSPS) is 9.79. The first-order chi connectivity index (χ1) is 25.4. The minimum absolute atomic E-state index is 0. The van der Waals surface area contributed by atoms with E-state index in [1.54, 1.807) is 52.8 Å². The number of hydrogen-bond donors (Lipinski definition) is 0. The Morgan fingerprint density at radius 1 is 0.577 bits per heavy atom. The van der Waals surface area contributed by atoms with E-state index < -0.39 is 7.15 Å². The Morgan fingerprint density at radius 3 is 1.60 bits per heavy atom. The molecule has 0 atom stereocenters. The molecule has 3 heterocycles. The topological polar surface area (TPSA) is 184 Å². The second-order valence-electron chi connectivity index (χ2n) is 8.87. The summed E-state index contributed by atoms with van der Waals surface area (Å²) in [7, 11) is 8.34. The predicted molar refractivity (Wildman–Crippen MR) is 187 cm³/mol. The molecule has 0 saturated carbocycles. The molecule has 0 saturated heterocycles. The second kappa shape index (κ2) is 34.7. The summed E-state index contributed by atoms with van der Waals surface area (Å²) in [5, 5.41) is 0. The molecular formula is C34H52FN3O14. The summed E-state index contributed by atoms with van der Waals surface area (Å²) >= 11 is 0. The Bertz CT molecular complexity index is 1320. The fourth-order valence-electron chi connectivity index (χ4n) is 3.06. The largest absolute Gasteiger partial charge is 0.475 e. The van der Waals surface area contributed by atoms with Gasteiger partial charge in [0.05, 0.1) is 58.1 Å². The molecule has 294 valence electrons. The molecule has 0 N–H and O–H groups in total. The number of ether oxygens (including phenoxy) is 12. The first-order valence-corrected chi connectivity index (χ1v) is 14.8. The van der Waals surface area contributed by atoms with Crippen LogP contribution in [-0.2, 0) is 28.4 Å². The van der Waals surface area contributed by atoms with Crippen molar-refractivity contribution in [2.75, 3.05) is 110 Å². The number of rotatable bonds is 23. The van der Waals surface area contributed by atoms with E-state index in [-0.39, 0.29) is 33.7 Å². The number of methoxy groups -OCH3 is 6. The van der Waals surface area contributed by atoms with Gasteiger partial charge >= 0.3 is 0 Å². The van der Waals surface area contributed by atoms with Crippen LogP contribution in [-0.4, -0.2) is 137 Å². The minimum Gasteiger partial charge on any atom is -0.475 e. The number of aldehydes is 2. The van der Waals surface area contributed by atoms with Gasteiger partial charge in [-0.3, -0.25) is 14.0 Å². The Hall–Kier alpha value is -4.72. The number of aromatic nitrogens is 3. The van der Waals surface area contributed by atoms with Gasteiger partial charge in [0, 0.05) is 54.8 Å². The van der Waals surface area contributed by atoms with E-state index in [4.69, 9.17) is 58.2 Å². The van der Waals surface area contributed by atoms with Crippen LogP contribution in [0.4, 0.5) is 4.39 Å². The predicted octanol–water partition coefficient (Wildman–Crippen LogP) is 4.12. The molecule has 0 spiro atoms. The third-order valence-electron chi connectivity index (χ3n) is 5.31. The average Bonchev–Trinajstić information content (AvgIpc) is 3.17. The fraction of sp³-hybridized carbons (Fsp3) is 0.500. The average molecular weight is 747 g/mol. The highest BCUT2D eigenvalue weighted by atomic mass is 19.1. The molecule has 0 aliphatic carbocycles. The van der Waals surface area contributed by atoms with E-state index in [2.05, 4.69) is 15.0 Å². The molecule has 0 radical (unpaired) electrons. The minimum atomic E-state index is -1.00. The van der Waals surface area contributed by atoms with Crippen molar-refractivity contribution in [1.29, 1.82) is 0 Å². The number of carbonyl (C=O) groups is 2. The van der Waals surface area contributed by atoms with E-state index in [0.29, 0.717) is 92.3 Å². The maximum atomic E-state index is 10.8. The van der Waals surface area contributed by atoms with E-state index in [1.807, 2.05) is 0 Å². The molecule has 0 bridgehead atoms. The highest BCUT2D eigenvalue weighted by molar-refractivity contribution is 5.79. The van der Waals surface area contributed by atoms with E-state index in [9.17, 15) is 14.0 Å². The molecule has 3 rings (SSSR count). The van der Waals surface area contributed by atoms with Crippen molar-refractivity contribution in [1.82, 2.24) is 15.0 Å². The standard InChI is InChI=1S/2C11H15NO5.C10H15NO4.CH3F.CH4/c1-14-3-4-16-11-5-9(7-13)10(6-12-11)17-8-15-2;1-14-3-4-16-11-9(7-13)5-10(6-12-11)17-8-15-2;1-12-5-6-14-10-4-3-9(7-11-10)15-8-13-2;1-2;/h2*5-7H,3-4,8H2,1-2H3;3-4,7H,5-6,8H2,1-2H3;1H3;1H4/i;;;1D;. The summed E-state index contributed by atoms with van der Waals surface area (Å²) in [6, 6.07) is 6.56. The Labute approximate surface area is 305 Å². The van der Waals surface area contributed by atoms with E-state index in [0.717, 1.165) is 0 Å². The van der Waals surface area contributed by atoms with E-state index in [1.165, 1.54) is 32.7 Å². The SMILES string of the molecule is C.COCCOc1cc(C=O)c(OCOC)cn1.COCCOc1ccc(OCOC)cn1.COCCOc1ncc(OCOC)cc1C=O.[2H]CF. The van der Waals surface area contributed by atoms with Crippen LogP contribution in [0.5, 0.6) is 34.9 Å². The van der Waals surface area contributed by atoms with Gasteiger partial charge in [-0.1, -0.05) is 7.43 Å². The highest BCUT2D eigenvalue weighted by Gasteiger charge is 2.08. The number of nitrogens with zero attached hydrogens (tertiary/aromatic N) is 3. The molecule has 17 nitrogen and oxygen atoms in total. The van der Waals surface area contributed by atoms with Crippen LogP contribution < -0.4 is 28.4 Å². The van der Waals surface area contributed by atoms with Gasteiger partial charge in [-0.05, 0) is 12.1 Å². The van der Waals surface area contributed by atoms with Gasteiger partial charge in [0.15, 0.2) is 38.7 Å². The molecule has 0 aromatic carbocycles. The van der Waals surface area contributed by atoms with Crippen LogP contribution in [0.25, 0.3) is 0 Å². The fourth-order valence-corrected chi connectivity index (χ4v) is 3.06. The number of halogens is 1. The van der Waals surface area contributed by atoms with Crippen molar-refractivity contribution in [3.63, 3.8) is 0 Å². The third kappa shape index (κ3) is 22.9. The molecule has 52 heavy (non-hydrogen) atoms. The van der Waals surface area contributed by atoms with Crippen LogP contribution in [0, 0.1) is 0 Å². The third-order valence-corrected chi connectivity index (χ3v) is 5.31. The van der Waals surface area contributed by atoms with Gasteiger partial charge in [0.25, 0.3) is 0 Å². The Morgan fingerprint density at radius 2 is 1.08 bits per heavy atom. The summed E-state index contributed by atoms with van der Waals surface area (Å²) in [6.45, 7) is 3.01. The highest BCUT2D eigenvalue weighted by Crippen LogP contribution is 2.21. The van der Waals surface area contributed by atoms with Crippen LogP contribution in [0.15, 0.2) is 42.9 Å². The van der Waals surface area contributed by atoms with Gasteiger partial charge in [-0.2, -0.15) is 0 Å². The van der Waals surface area contributed by atoms with Crippen molar-refractivity contribution in [3.8, 4) is 34.9 Å². The van der Waals surface area contributed by atoms with Crippen molar-refractivity contribution in [2.24, 2.45) is 0 Å². The molecule has 0 aliphatic rings. The summed E-state index contributed by atoms with van der Waals surface area (Å²) in [4.78, 5) is 33.7. The first-order valence-electron chi connectivity index (χ1n) is 15.5. The van der Waals surface area contributed by atoms with Gasteiger partial charge < -0.3 is 56.8 Å². The first kappa shape index (κ1) is 47.3. The quantitative estimate of drug-likeness (QED) is 0.0766. The number of pyridine rings is 3. The van der Waals surface area contributed by atoms with Crippen LogP contribution in [0.2, 0.25) is 0 Å². The monoisotopic (exact) mass is 746 g/mol. The van der Waals surface area contributed by atoms with Gasteiger partial charge in [-0.15, -0.1) is 0 Å². The Kier molecular flexibility index (Phi) is 31.6. The molecule has 0 unspecified atom stereocenters. The molecule has 0 amide bonds. The van der Waals surface area contributed by atoms with Crippen LogP contribution in [0.3, 0.4) is 0 Å². The van der Waals surface area contributed by atoms with Crippen molar-refractivity contribution in [2.45, 2.75) is 7.43 Å². The van der Waals surface area contributed by atoms with Crippen LogP contribution >= 0.6 is 0 Å². The molecule has 18 heteroatoms. The maximum Gasteiger partial charge on any atom is 0.224 e. The summed E-state index contributed by atoms with van der Waals surface area (Å²) < 4.78 is 75.6. The Balaban J connectivity index is 0. The maximum absolute atomic E-state index is 10.8. The lowest BCUT2D eigenvalue weighted by Crippen LogP contribution is -2.08. The van der Waals surface area contributed by atoms with Gasteiger partial charge in [0.2, 0.25) is 17.6 Å². The molecule has 0 fully saturated rings. The smallest absolute Gasteiger partial charge is 0.224 e. The van der Waals surface area contributed by atoms with Gasteiger partial charge in [-0.25, -0.2) is 15.0 Å². The molecule has 0 aliphatic heterocycles. The zero-order chi connectivity index (χ0) is 38.7. The number of carbonyl (C=O) groups excluding carboxylic acids is 2. The molecule has 3 aromatic heterocycles. The van der Waals surface area contributed by atoms with Crippen molar-refractivity contribution in [3.05, 3.63) is 54.0 Å². The number of alkyl halides is 1. The van der Waals surface area contributed by atoms with Crippen molar-refractivity contribution < 1.29 is 72.2 Å². The number of hydrogen-bond acceptors (Lipinski definition) is 17. The zero-order valence-electron chi connectivity index (χ0n) is 30.7. The lowest BCUT2D eigenvalue weighted by molar-refractivity contribution is 0.0500. The van der Waals surface area contributed by atoms with Gasteiger partial charge in [0.1, 0.15) is 31.3 Å². The summed E-state index contributed by atoms with van der Waals surface area (Å²) in [5.41, 5.74) is 0.694. The lowest BCUT2D eigenvalue weighted by atomic mass is 10.3. The van der Waals surface area contributed by atoms with Crippen LogP contribution in [0.1, 0.15) is 29.5 Å². The lowest BCUT2D eigenvalue weighted by Gasteiger charge is -2.09. The van der Waals surface area contributed by atoms with E-state index >= 15 is 0 Å². The summed E-state index contributed by atoms with van der Waals surface area (Å²) in [5.74, 6) is 2.64. The van der Waals surface area contributed by atoms with Crippen molar-refractivity contribution >= 4 is 12.6 Å².